The van der Waals surface area contributed by atoms with Crippen LogP contribution < -0.4 is 5.32 Å². The molecular formula is C19H27N3O3. The monoisotopic (exact) mass is 345 g/mol. The van der Waals surface area contributed by atoms with Crippen LogP contribution in [0.25, 0.3) is 10.9 Å². The van der Waals surface area contributed by atoms with Gasteiger partial charge in [0.1, 0.15) is 6.10 Å². The van der Waals surface area contributed by atoms with E-state index >= 15 is 0 Å². The number of aromatic nitrogens is 2. The third-order valence-corrected chi connectivity index (χ3v) is 4.49. The summed E-state index contributed by atoms with van der Waals surface area (Å²) in [4.78, 5) is 12.3. The van der Waals surface area contributed by atoms with E-state index in [2.05, 4.69) is 24.3 Å². The van der Waals surface area contributed by atoms with Gasteiger partial charge in [-0.2, -0.15) is 5.10 Å². The molecule has 1 saturated heterocycles. The summed E-state index contributed by atoms with van der Waals surface area (Å²) < 4.78 is 13.2. The van der Waals surface area contributed by atoms with E-state index in [1.165, 1.54) is 6.42 Å². The lowest BCUT2D eigenvalue weighted by Gasteiger charge is -2.23. The Balaban J connectivity index is 1.56. The lowest BCUT2D eigenvalue weighted by Crippen LogP contribution is -2.32. The van der Waals surface area contributed by atoms with Crippen LogP contribution in [0.4, 0.5) is 5.69 Å². The summed E-state index contributed by atoms with van der Waals surface area (Å²) in [6, 6.07) is 6.04. The summed E-state index contributed by atoms with van der Waals surface area (Å²) in [6.07, 6.45) is 4.88. The SMILES string of the molecule is CC(C)n1cc2cc(NC(=O)[C@H](C)OC[C@H]3CCCCO3)ccc2n1. The van der Waals surface area contributed by atoms with Crippen molar-refractivity contribution in [3.05, 3.63) is 24.4 Å². The summed E-state index contributed by atoms with van der Waals surface area (Å²) in [6.45, 7) is 7.20. The zero-order chi connectivity index (χ0) is 17.8. The van der Waals surface area contributed by atoms with Crippen LogP contribution in [0.5, 0.6) is 0 Å². The van der Waals surface area contributed by atoms with Gasteiger partial charge in [-0.1, -0.05) is 0 Å². The minimum Gasteiger partial charge on any atom is -0.376 e. The van der Waals surface area contributed by atoms with E-state index in [1.54, 1.807) is 6.92 Å². The van der Waals surface area contributed by atoms with Crippen molar-refractivity contribution in [2.75, 3.05) is 18.5 Å². The molecule has 0 aliphatic carbocycles. The highest BCUT2D eigenvalue weighted by atomic mass is 16.5. The van der Waals surface area contributed by atoms with Crippen LogP contribution in [0.15, 0.2) is 24.4 Å². The standard InChI is InChI=1S/C19H27N3O3/c1-13(2)22-11-15-10-16(7-8-18(15)21-22)20-19(23)14(3)25-12-17-6-4-5-9-24-17/h7-8,10-11,13-14,17H,4-6,9,12H2,1-3H3,(H,20,23)/t14-,17+/m0/s1. The average molecular weight is 345 g/mol. The van der Waals surface area contributed by atoms with Crippen LogP contribution in [-0.2, 0) is 14.3 Å². The first-order chi connectivity index (χ1) is 12.0. The fourth-order valence-corrected chi connectivity index (χ4v) is 2.90. The summed E-state index contributed by atoms with van der Waals surface area (Å²) in [5.41, 5.74) is 1.68. The molecule has 1 amide bonds. The lowest BCUT2D eigenvalue weighted by molar-refractivity contribution is -0.130. The second-order valence-corrected chi connectivity index (χ2v) is 6.93. The fourth-order valence-electron chi connectivity index (χ4n) is 2.90. The number of rotatable bonds is 6. The number of nitrogens with zero attached hydrogens (tertiary/aromatic N) is 2. The number of fused-ring (bicyclic) bond motifs is 1. The maximum absolute atomic E-state index is 12.3. The number of hydrogen-bond donors (Lipinski definition) is 1. The second kappa shape index (κ2) is 7.97. The van der Waals surface area contributed by atoms with Gasteiger partial charge in [0.25, 0.3) is 5.91 Å². The first-order valence-electron chi connectivity index (χ1n) is 9.06. The highest BCUT2D eigenvalue weighted by Gasteiger charge is 2.19. The van der Waals surface area contributed by atoms with E-state index < -0.39 is 6.10 Å². The molecule has 1 aliphatic rings. The maximum atomic E-state index is 12.3. The summed E-state index contributed by atoms with van der Waals surface area (Å²) in [5, 5.41) is 8.44. The second-order valence-electron chi connectivity index (χ2n) is 6.93. The van der Waals surface area contributed by atoms with Crippen LogP contribution in [0, 0.1) is 0 Å². The molecule has 0 spiro atoms. The Morgan fingerprint density at radius 3 is 2.96 bits per heavy atom. The first-order valence-corrected chi connectivity index (χ1v) is 9.06. The molecule has 0 bridgehead atoms. The van der Waals surface area contributed by atoms with Crippen LogP contribution in [0.1, 0.15) is 46.1 Å². The van der Waals surface area contributed by atoms with Crippen LogP contribution in [0.2, 0.25) is 0 Å². The molecule has 6 heteroatoms. The first kappa shape index (κ1) is 17.9. The third kappa shape index (κ3) is 4.58. The molecule has 1 fully saturated rings. The Morgan fingerprint density at radius 1 is 1.40 bits per heavy atom. The molecule has 2 aromatic rings. The van der Waals surface area contributed by atoms with Crippen molar-refractivity contribution in [2.24, 2.45) is 0 Å². The number of benzene rings is 1. The van der Waals surface area contributed by atoms with Crippen molar-refractivity contribution < 1.29 is 14.3 Å². The van der Waals surface area contributed by atoms with Crippen LogP contribution in [0.3, 0.4) is 0 Å². The van der Waals surface area contributed by atoms with E-state index in [-0.39, 0.29) is 12.0 Å². The van der Waals surface area contributed by atoms with Crippen molar-refractivity contribution in [2.45, 2.75) is 58.3 Å². The van der Waals surface area contributed by atoms with Crippen molar-refractivity contribution in [1.82, 2.24) is 9.78 Å². The third-order valence-electron chi connectivity index (χ3n) is 4.49. The van der Waals surface area contributed by atoms with Gasteiger partial charge in [-0.05, 0) is 58.2 Å². The van der Waals surface area contributed by atoms with E-state index in [9.17, 15) is 4.79 Å². The Bertz CT molecular complexity index is 720. The van der Waals surface area contributed by atoms with Gasteiger partial charge >= 0.3 is 0 Å². The van der Waals surface area contributed by atoms with E-state index in [4.69, 9.17) is 9.47 Å². The van der Waals surface area contributed by atoms with E-state index in [1.807, 2.05) is 29.1 Å². The predicted octanol–water partition coefficient (Wildman–Crippen LogP) is 3.53. The lowest BCUT2D eigenvalue weighted by atomic mass is 10.1. The Kier molecular flexibility index (Phi) is 5.71. The molecule has 1 aromatic carbocycles. The molecule has 0 unspecified atom stereocenters. The number of carbonyl (C=O) groups is 1. The molecule has 2 heterocycles. The molecular weight excluding hydrogens is 318 g/mol. The normalized spacial score (nSPS) is 19.3. The van der Waals surface area contributed by atoms with Gasteiger partial charge in [0.2, 0.25) is 0 Å². The number of nitrogens with one attached hydrogen (secondary N) is 1. The largest absolute Gasteiger partial charge is 0.376 e. The summed E-state index contributed by atoms with van der Waals surface area (Å²) in [5.74, 6) is -0.147. The molecule has 0 saturated carbocycles. The van der Waals surface area contributed by atoms with Gasteiger partial charge in [-0.15, -0.1) is 0 Å². The smallest absolute Gasteiger partial charge is 0.253 e. The highest BCUT2D eigenvalue weighted by Crippen LogP contribution is 2.20. The quantitative estimate of drug-likeness (QED) is 0.870. The predicted molar refractivity (Wildman–Crippen MR) is 97.8 cm³/mol. The molecule has 136 valence electrons. The number of anilines is 1. The van der Waals surface area contributed by atoms with Crippen molar-refractivity contribution >= 4 is 22.5 Å². The molecule has 1 aromatic heterocycles. The fraction of sp³-hybridized carbons (Fsp3) is 0.579. The minimum atomic E-state index is -0.514. The van der Waals surface area contributed by atoms with Crippen molar-refractivity contribution in [3.63, 3.8) is 0 Å². The molecule has 1 N–H and O–H groups in total. The highest BCUT2D eigenvalue weighted by molar-refractivity contribution is 5.96. The molecule has 25 heavy (non-hydrogen) atoms. The van der Waals surface area contributed by atoms with Crippen LogP contribution in [-0.4, -0.2) is 41.1 Å². The van der Waals surface area contributed by atoms with Gasteiger partial charge in [0, 0.05) is 29.9 Å². The minimum absolute atomic E-state index is 0.113. The molecule has 0 radical (unpaired) electrons. The van der Waals surface area contributed by atoms with Crippen molar-refractivity contribution in [1.29, 1.82) is 0 Å². The average Bonchev–Trinajstić information content (AvgIpc) is 3.04. The van der Waals surface area contributed by atoms with Gasteiger partial charge in [0.15, 0.2) is 0 Å². The number of hydrogen-bond acceptors (Lipinski definition) is 4. The number of ether oxygens (including phenoxy) is 2. The molecule has 3 rings (SSSR count). The maximum Gasteiger partial charge on any atom is 0.253 e. The zero-order valence-electron chi connectivity index (χ0n) is 15.2. The van der Waals surface area contributed by atoms with Crippen LogP contribution >= 0.6 is 0 Å². The molecule has 2 atom stereocenters. The van der Waals surface area contributed by atoms with Gasteiger partial charge in [-0.3, -0.25) is 9.48 Å². The molecule has 1 aliphatic heterocycles. The Morgan fingerprint density at radius 2 is 2.24 bits per heavy atom. The van der Waals surface area contributed by atoms with Gasteiger partial charge in [-0.25, -0.2) is 0 Å². The molecule has 6 nitrogen and oxygen atoms in total. The number of amides is 1. The summed E-state index contributed by atoms with van der Waals surface area (Å²) in [7, 11) is 0. The van der Waals surface area contributed by atoms with E-state index in [0.29, 0.717) is 12.6 Å². The van der Waals surface area contributed by atoms with Crippen molar-refractivity contribution in [3.8, 4) is 0 Å². The van der Waals surface area contributed by atoms with E-state index in [0.717, 1.165) is 36.0 Å². The zero-order valence-corrected chi connectivity index (χ0v) is 15.2. The Labute approximate surface area is 148 Å². The number of carbonyl (C=O) groups excluding carboxylic acids is 1. The summed E-state index contributed by atoms with van der Waals surface area (Å²) >= 11 is 0. The Hall–Kier alpha value is -1.92. The topological polar surface area (TPSA) is 65.4 Å². The van der Waals surface area contributed by atoms with Gasteiger partial charge in [0.05, 0.1) is 18.2 Å². The van der Waals surface area contributed by atoms with Gasteiger partial charge < -0.3 is 14.8 Å².